The Morgan fingerprint density at radius 3 is 2.56 bits per heavy atom. The molecule has 0 atom stereocenters. The first-order valence-corrected chi connectivity index (χ1v) is 9.81. The van der Waals surface area contributed by atoms with Crippen molar-refractivity contribution in [3.63, 3.8) is 0 Å². The van der Waals surface area contributed by atoms with Crippen molar-refractivity contribution in [2.45, 2.75) is 19.4 Å². The zero-order valence-corrected chi connectivity index (χ0v) is 15.4. The lowest BCUT2D eigenvalue weighted by atomic mass is 10.2. The predicted octanol–water partition coefficient (Wildman–Crippen LogP) is 6.27. The minimum atomic E-state index is 0.163. The summed E-state index contributed by atoms with van der Waals surface area (Å²) in [6.07, 6.45) is 0.990. The zero-order chi connectivity index (χ0) is 17.4. The molecule has 2 aromatic carbocycles. The van der Waals surface area contributed by atoms with Gasteiger partial charge < -0.3 is 9.67 Å². The summed E-state index contributed by atoms with van der Waals surface area (Å²) in [7, 11) is 0. The second-order valence-electron chi connectivity index (χ2n) is 6.11. The molecule has 1 aliphatic rings. The Hall–Kier alpha value is -1.98. The Balaban J connectivity index is 1.78. The number of aryl methyl sites for hydroxylation is 1. The van der Waals surface area contributed by atoms with Crippen LogP contribution < -0.4 is 0 Å². The summed E-state index contributed by atoms with van der Waals surface area (Å²) >= 11 is 8.03. The maximum absolute atomic E-state index is 10.8. The van der Waals surface area contributed by atoms with Crippen molar-refractivity contribution in [2.24, 2.45) is 10.2 Å². The van der Waals surface area contributed by atoms with Crippen molar-refractivity contribution >= 4 is 45.6 Å². The highest BCUT2D eigenvalue weighted by Gasteiger charge is 2.27. The van der Waals surface area contributed by atoms with Crippen molar-refractivity contribution in [3.05, 3.63) is 53.1 Å². The third-order valence-corrected chi connectivity index (χ3v) is 5.98. The molecule has 4 nitrogen and oxygen atoms in total. The van der Waals surface area contributed by atoms with Gasteiger partial charge in [-0.05, 0) is 42.3 Å². The molecule has 0 spiro atoms. The molecule has 3 aromatic rings. The number of thioether (sulfide) groups is 1. The molecule has 1 N–H and O–H groups in total. The molecule has 0 saturated carbocycles. The first-order valence-electron chi connectivity index (χ1n) is 8.28. The number of rotatable bonds is 4. The summed E-state index contributed by atoms with van der Waals surface area (Å²) in [6.45, 7) is 2.12. The van der Waals surface area contributed by atoms with Gasteiger partial charge in [-0.1, -0.05) is 30.7 Å². The molecule has 0 amide bonds. The second kappa shape index (κ2) is 6.73. The molecule has 0 bridgehead atoms. The van der Waals surface area contributed by atoms with E-state index in [1.165, 1.54) is 5.56 Å². The van der Waals surface area contributed by atoms with Gasteiger partial charge in [-0.25, -0.2) is 0 Å². The predicted molar refractivity (Wildman–Crippen MR) is 105 cm³/mol. The zero-order valence-electron chi connectivity index (χ0n) is 13.8. The third kappa shape index (κ3) is 3.02. The molecule has 0 radical (unpaired) electrons. The van der Waals surface area contributed by atoms with Gasteiger partial charge in [-0.2, -0.15) is 16.9 Å². The molecule has 1 aromatic heterocycles. The molecule has 0 aliphatic carbocycles. The average Bonchev–Trinajstić information content (AvgIpc) is 2.84. The summed E-state index contributed by atoms with van der Waals surface area (Å²) in [5.74, 6) is 2.15. The quantitative estimate of drug-likeness (QED) is 0.549. The van der Waals surface area contributed by atoms with Crippen LogP contribution in [0.5, 0.6) is 5.88 Å². The Kier molecular flexibility index (Phi) is 4.44. The van der Waals surface area contributed by atoms with Gasteiger partial charge in [-0.3, -0.25) is 0 Å². The van der Waals surface area contributed by atoms with Crippen molar-refractivity contribution < 1.29 is 5.11 Å². The SMILES string of the molecule is CCc1ccc(N=Nc2c(O)n(C3CSC3)c3ccc(Cl)cc23)cc1. The minimum absolute atomic E-state index is 0.163. The fourth-order valence-electron chi connectivity index (χ4n) is 3.00. The van der Waals surface area contributed by atoms with Gasteiger partial charge in [0.05, 0.1) is 17.2 Å². The van der Waals surface area contributed by atoms with E-state index in [2.05, 4.69) is 17.2 Å². The van der Waals surface area contributed by atoms with E-state index in [4.69, 9.17) is 11.6 Å². The fourth-order valence-corrected chi connectivity index (χ4v) is 3.92. The van der Waals surface area contributed by atoms with E-state index in [1.54, 1.807) is 0 Å². The largest absolute Gasteiger partial charge is 0.493 e. The van der Waals surface area contributed by atoms with E-state index in [9.17, 15) is 5.11 Å². The van der Waals surface area contributed by atoms with Gasteiger partial charge in [0.2, 0.25) is 5.88 Å². The van der Waals surface area contributed by atoms with Crippen molar-refractivity contribution in [2.75, 3.05) is 11.5 Å². The number of nitrogens with zero attached hydrogens (tertiary/aromatic N) is 3. The van der Waals surface area contributed by atoms with Gasteiger partial charge in [0.15, 0.2) is 5.69 Å². The highest BCUT2D eigenvalue weighted by Crippen LogP contribution is 2.45. The number of benzene rings is 2. The standard InChI is InChI=1S/C19H18ClN3OS/c1-2-12-3-6-14(7-4-12)21-22-18-16-9-13(20)5-8-17(16)23(19(18)24)15-10-25-11-15/h3-9,15,24H,2,10-11H2,1H3. The summed E-state index contributed by atoms with van der Waals surface area (Å²) in [5.41, 5.74) is 3.45. The van der Waals surface area contributed by atoms with E-state index in [0.29, 0.717) is 16.8 Å². The van der Waals surface area contributed by atoms with Crippen LogP contribution in [0.1, 0.15) is 18.5 Å². The summed E-state index contributed by atoms with van der Waals surface area (Å²) in [6, 6.07) is 13.9. The molecule has 0 unspecified atom stereocenters. The van der Waals surface area contributed by atoms with Gasteiger partial charge in [0.1, 0.15) is 0 Å². The number of aromatic hydroxyl groups is 1. The molecule has 1 fully saturated rings. The lowest BCUT2D eigenvalue weighted by Gasteiger charge is -2.27. The van der Waals surface area contributed by atoms with Crippen LogP contribution in [0.25, 0.3) is 10.9 Å². The molecular formula is C19H18ClN3OS. The smallest absolute Gasteiger partial charge is 0.221 e. The monoisotopic (exact) mass is 371 g/mol. The summed E-state index contributed by atoms with van der Waals surface area (Å²) in [4.78, 5) is 0. The van der Waals surface area contributed by atoms with Crippen LogP contribution >= 0.6 is 23.4 Å². The van der Waals surface area contributed by atoms with Gasteiger partial charge in [-0.15, -0.1) is 5.11 Å². The Morgan fingerprint density at radius 1 is 1.16 bits per heavy atom. The number of aromatic nitrogens is 1. The van der Waals surface area contributed by atoms with Gasteiger partial charge >= 0.3 is 0 Å². The highest BCUT2D eigenvalue weighted by atomic mass is 35.5. The van der Waals surface area contributed by atoms with Crippen LogP contribution in [0.2, 0.25) is 5.02 Å². The lowest BCUT2D eigenvalue weighted by molar-refractivity contribution is 0.406. The topological polar surface area (TPSA) is 49.9 Å². The van der Waals surface area contributed by atoms with Crippen LogP contribution in [0.3, 0.4) is 0 Å². The van der Waals surface area contributed by atoms with Crippen molar-refractivity contribution in [1.82, 2.24) is 4.57 Å². The Labute approximate surface area is 155 Å². The first kappa shape index (κ1) is 16.5. The van der Waals surface area contributed by atoms with Gasteiger partial charge in [0.25, 0.3) is 0 Å². The van der Waals surface area contributed by atoms with E-state index in [0.717, 1.165) is 34.5 Å². The van der Waals surface area contributed by atoms with Crippen LogP contribution in [0.15, 0.2) is 52.7 Å². The lowest BCUT2D eigenvalue weighted by Crippen LogP contribution is -2.22. The molecular weight excluding hydrogens is 354 g/mol. The molecule has 4 rings (SSSR count). The molecule has 128 valence electrons. The van der Waals surface area contributed by atoms with Crippen LogP contribution in [-0.2, 0) is 6.42 Å². The van der Waals surface area contributed by atoms with Gasteiger partial charge in [0, 0.05) is 21.9 Å². The summed E-state index contributed by atoms with van der Waals surface area (Å²) < 4.78 is 1.96. The normalized spacial score (nSPS) is 15.1. The Bertz CT molecular complexity index is 945. The Morgan fingerprint density at radius 2 is 1.92 bits per heavy atom. The van der Waals surface area contributed by atoms with E-state index in [-0.39, 0.29) is 5.88 Å². The van der Waals surface area contributed by atoms with Crippen LogP contribution in [0.4, 0.5) is 11.4 Å². The molecule has 25 heavy (non-hydrogen) atoms. The number of halogens is 1. The third-order valence-electron chi connectivity index (χ3n) is 4.51. The van der Waals surface area contributed by atoms with Crippen molar-refractivity contribution in [3.8, 4) is 5.88 Å². The maximum Gasteiger partial charge on any atom is 0.221 e. The van der Waals surface area contributed by atoms with E-state index >= 15 is 0 Å². The molecule has 2 heterocycles. The van der Waals surface area contributed by atoms with Crippen LogP contribution in [-0.4, -0.2) is 21.2 Å². The van der Waals surface area contributed by atoms with Crippen LogP contribution in [0, 0.1) is 0 Å². The fraction of sp³-hybridized carbons (Fsp3) is 0.263. The average molecular weight is 372 g/mol. The van der Waals surface area contributed by atoms with Crippen molar-refractivity contribution in [1.29, 1.82) is 0 Å². The summed E-state index contributed by atoms with van der Waals surface area (Å²) in [5, 5.41) is 20.9. The van der Waals surface area contributed by atoms with E-state index < -0.39 is 0 Å². The minimum Gasteiger partial charge on any atom is -0.493 e. The first-order chi connectivity index (χ1) is 12.2. The number of hydrogen-bond donors (Lipinski definition) is 1. The molecule has 6 heteroatoms. The van der Waals surface area contributed by atoms with E-state index in [1.807, 2.05) is 58.8 Å². The maximum atomic E-state index is 10.8. The second-order valence-corrected chi connectivity index (χ2v) is 7.63. The number of azo groups is 1. The molecule has 1 saturated heterocycles. The highest BCUT2D eigenvalue weighted by molar-refractivity contribution is 8.00. The number of hydrogen-bond acceptors (Lipinski definition) is 4. The molecule has 1 aliphatic heterocycles. The number of fused-ring (bicyclic) bond motifs is 1.